The van der Waals surface area contributed by atoms with Crippen molar-refractivity contribution in [2.45, 2.75) is 52.1 Å². The number of hydrogen-bond acceptors (Lipinski definition) is 5. The van der Waals surface area contributed by atoms with E-state index < -0.39 is 0 Å². The Bertz CT molecular complexity index is 691. The Hall–Kier alpha value is -2.56. The number of hydrogen-bond donors (Lipinski definition) is 0. The van der Waals surface area contributed by atoms with Crippen LogP contribution in [0.2, 0.25) is 0 Å². The Kier molecular flexibility index (Phi) is 7.45. The largest absolute Gasteiger partial charge is 0.501 e. The summed E-state index contributed by atoms with van der Waals surface area (Å²) in [6.45, 7) is 3.83. The van der Waals surface area contributed by atoms with Crippen LogP contribution in [0.3, 0.4) is 0 Å². The van der Waals surface area contributed by atoms with Gasteiger partial charge in [0, 0.05) is 24.5 Å². The van der Waals surface area contributed by atoms with Gasteiger partial charge in [-0.2, -0.15) is 0 Å². The van der Waals surface area contributed by atoms with Crippen LogP contribution in [0.15, 0.2) is 59.1 Å². The van der Waals surface area contributed by atoms with E-state index in [1.807, 2.05) is 19.9 Å². The molecule has 0 saturated carbocycles. The quantitative estimate of drug-likeness (QED) is 0.502. The second kappa shape index (κ2) is 9.80. The maximum Gasteiger partial charge on any atom is 0.339 e. The first-order valence-corrected chi connectivity index (χ1v) is 8.96. The van der Waals surface area contributed by atoms with Crippen molar-refractivity contribution in [2.24, 2.45) is 0 Å². The van der Waals surface area contributed by atoms with Crippen LogP contribution in [-0.4, -0.2) is 25.2 Å². The molecule has 0 amide bonds. The van der Waals surface area contributed by atoms with Crippen LogP contribution in [-0.2, 0) is 23.8 Å². The van der Waals surface area contributed by atoms with Crippen molar-refractivity contribution < 1.29 is 23.8 Å². The van der Waals surface area contributed by atoms with Crippen molar-refractivity contribution in [3.8, 4) is 0 Å². The van der Waals surface area contributed by atoms with Crippen molar-refractivity contribution in [3.05, 3.63) is 59.1 Å². The molecule has 140 valence electrons. The van der Waals surface area contributed by atoms with Crippen LogP contribution in [0.4, 0.5) is 0 Å². The lowest BCUT2D eigenvalue weighted by Crippen LogP contribution is -2.12. The highest BCUT2D eigenvalue weighted by Crippen LogP contribution is 2.24. The van der Waals surface area contributed by atoms with Gasteiger partial charge < -0.3 is 14.2 Å². The highest BCUT2D eigenvalue weighted by atomic mass is 16.5. The minimum Gasteiger partial charge on any atom is -0.501 e. The zero-order valence-corrected chi connectivity index (χ0v) is 15.6. The highest BCUT2D eigenvalue weighted by molar-refractivity contribution is 5.90. The molecule has 0 N–H and O–H groups in total. The molecule has 0 spiro atoms. The Morgan fingerprint density at radius 3 is 2.38 bits per heavy atom. The van der Waals surface area contributed by atoms with Crippen LogP contribution < -0.4 is 0 Å². The van der Waals surface area contributed by atoms with Crippen molar-refractivity contribution in [2.75, 3.05) is 7.11 Å². The first-order valence-electron chi connectivity index (χ1n) is 8.96. The van der Waals surface area contributed by atoms with E-state index in [4.69, 9.17) is 14.2 Å². The molecule has 0 heterocycles. The Morgan fingerprint density at radius 2 is 1.81 bits per heavy atom. The average Bonchev–Trinajstić information content (AvgIpc) is 2.67. The van der Waals surface area contributed by atoms with E-state index in [0.717, 1.165) is 17.8 Å². The molecule has 5 nitrogen and oxygen atoms in total. The first kappa shape index (κ1) is 19.8. The molecule has 0 fully saturated rings. The molecule has 1 unspecified atom stereocenters. The van der Waals surface area contributed by atoms with E-state index in [-0.39, 0.29) is 18.0 Å². The van der Waals surface area contributed by atoms with Gasteiger partial charge in [-0.05, 0) is 50.0 Å². The second-order valence-electron chi connectivity index (χ2n) is 6.28. The van der Waals surface area contributed by atoms with Crippen LogP contribution in [0.5, 0.6) is 0 Å². The summed E-state index contributed by atoms with van der Waals surface area (Å²) < 4.78 is 15.8. The molecular weight excluding hydrogens is 332 g/mol. The molecule has 0 aromatic rings. The summed E-state index contributed by atoms with van der Waals surface area (Å²) in [6.07, 6.45) is 13.7. The fourth-order valence-electron chi connectivity index (χ4n) is 2.50. The predicted molar refractivity (Wildman–Crippen MR) is 98.9 cm³/mol. The van der Waals surface area contributed by atoms with Crippen LogP contribution in [0.1, 0.15) is 46.0 Å². The lowest BCUT2D eigenvalue weighted by Gasteiger charge is -2.16. The molecule has 2 rings (SSSR count). The van der Waals surface area contributed by atoms with Gasteiger partial charge in [0.15, 0.2) is 0 Å². The number of carbonyl (C=O) groups excluding carboxylic acids is 2. The minimum atomic E-state index is -0.339. The van der Waals surface area contributed by atoms with Gasteiger partial charge in [0.05, 0.1) is 19.0 Å². The summed E-state index contributed by atoms with van der Waals surface area (Å²) in [5.41, 5.74) is 1.64. The molecule has 0 radical (unpaired) electrons. The Balaban J connectivity index is 1.88. The van der Waals surface area contributed by atoms with E-state index in [1.165, 1.54) is 6.08 Å². The van der Waals surface area contributed by atoms with Gasteiger partial charge in [0.2, 0.25) is 0 Å². The van der Waals surface area contributed by atoms with Crippen LogP contribution in [0.25, 0.3) is 0 Å². The number of allylic oxidation sites excluding steroid dienone is 8. The number of carbonyl (C=O) groups is 2. The summed E-state index contributed by atoms with van der Waals surface area (Å²) in [5, 5.41) is 0. The Labute approximate surface area is 154 Å². The lowest BCUT2D eigenvalue weighted by molar-refractivity contribution is -0.142. The second-order valence-corrected chi connectivity index (χ2v) is 6.28. The van der Waals surface area contributed by atoms with Gasteiger partial charge in [-0.15, -0.1) is 0 Å². The zero-order valence-electron chi connectivity index (χ0n) is 15.6. The third-order valence-electron chi connectivity index (χ3n) is 4.33. The van der Waals surface area contributed by atoms with Gasteiger partial charge in [0.1, 0.15) is 5.76 Å². The minimum absolute atomic E-state index is 0.0812. The van der Waals surface area contributed by atoms with Gasteiger partial charge in [-0.1, -0.05) is 19.1 Å². The molecule has 0 saturated heterocycles. The molecule has 0 aromatic carbocycles. The predicted octanol–water partition coefficient (Wildman–Crippen LogP) is 4.28. The summed E-state index contributed by atoms with van der Waals surface area (Å²) in [7, 11) is 1.62. The maximum atomic E-state index is 12.2. The van der Waals surface area contributed by atoms with Gasteiger partial charge in [0.25, 0.3) is 0 Å². The summed E-state index contributed by atoms with van der Waals surface area (Å²) >= 11 is 0. The normalized spacial score (nSPS) is 18.3. The third-order valence-corrected chi connectivity index (χ3v) is 4.33. The Morgan fingerprint density at radius 1 is 1.08 bits per heavy atom. The van der Waals surface area contributed by atoms with Crippen molar-refractivity contribution >= 4 is 11.9 Å². The number of ether oxygens (including phenoxy) is 3. The van der Waals surface area contributed by atoms with Gasteiger partial charge in [-0.3, -0.25) is 0 Å². The average molecular weight is 358 g/mol. The van der Waals surface area contributed by atoms with E-state index in [1.54, 1.807) is 31.4 Å². The fourth-order valence-corrected chi connectivity index (χ4v) is 2.50. The summed E-state index contributed by atoms with van der Waals surface area (Å²) in [4.78, 5) is 23.8. The number of rotatable bonds is 7. The van der Waals surface area contributed by atoms with E-state index in [2.05, 4.69) is 0 Å². The third kappa shape index (κ3) is 6.06. The standard InChI is InChI=1S/C21H26O5/c1-4-15(2)25-20(22)14-7-16-5-10-19(11-6-16)26-21(23)17-8-12-18(24-3)13-9-17/h5,7-8,10,12,14-15H,4,6,9,11,13H2,1-3H3/b14-7+. The lowest BCUT2D eigenvalue weighted by atomic mass is 10.0. The monoisotopic (exact) mass is 358 g/mol. The molecular formula is C21H26O5. The zero-order chi connectivity index (χ0) is 18.9. The van der Waals surface area contributed by atoms with Gasteiger partial charge in [-0.25, -0.2) is 9.59 Å². The van der Waals surface area contributed by atoms with Gasteiger partial charge >= 0.3 is 11.9 Å². The fraction of sp³-hybridized carbons (Fsp3) is 0.429. The van der Waals surface area contributed by atoms with Crippen molar-refractivity contribution in [1.29, 1.82) is 0 Å². The van der Waals surface area contributed by atoms with Crippen LogP contribution in [0, 0.1) is 0 Å². The highest BCUT2D eigenvalue weighted by Gasteiger charge is 2.17. The topological polar surface area (TPSA) is 61.8 Å². The number of esters is 2. The molecule has 0 bridgehead atoms. The molecule has 0 aromatic heterocycles. The van der Waals surface area contributed by atoms with Crippen molar-refractivity contribution in [1.82, 2.24) is 0 Å². The smallest absolute Gasteiger partial charge is 0.339 e. The van der Waals surface area contributed by atoms with E-state index >= 15 is 0 Å². The van der Waals surface area contributed by atoms with Crippen LogP contribution >= 0.6 is 0 Å². The summed E-state index contributed by atoms with van der Waals surface area (Å²) in [6, 6.07) is 0. The molecule has 1 atom stereocenters. The molecule has 5 heteroatoms. The number of methoxy groups -OCH3 is 1. The summed E-state index contributed by atoms with van der Waals surface area (Å²) in [5.74, 6) is 0.850. The SMILES string of the molecule is CCC(C)OC(=O)/C=C/C1=CC=C(OC(=O)C2=CC=C(OC)CC2)CC1. The van der Waals surface area contributed by atoms with E-state index in [0.29, 0.717) is 37.0 Å². The first-order chi connectivity index (χ1) is 12.5. The maximum absolute atomic E-state index is 12.2. The molecule has 26 heavy (non-hydrogen) atoms. The molecule has 2 aliphatic rings. The van der Waals surface area contributed by atoms with E-state index in [9.17, 15) is 9.59 Å². The van der Waals surface area contributed by atoms with Crippen molar-refractivity contribution in [3.63, 3.8) is 0 Å². The molecule has 0 aliphatic heterocycles. The molecule has 2 aliphatic carbocycles.